The van der Waals surface area contributed by atoms with Crippen molar-refractivity contribution in [3.8, 4) is 0 Å². The number of hydrogen-bond donors (Lipinski definition) is 1. The molecule has 4 amide bonds. The Bertz CT molecular complexity index is 1020. The summed E-state index contributed by atoms with van der Waals surface area (Å²) >= 11 is 4.91. The van der Waals surface area contributed by atoms with E-state index in [1.165, 1.54) is 17.3 Å². The zero-order valence-electron chi connectivity index (χ0n) is 15.3. The molecule has 148 valence electrons. The van der Waals surface area contributed by atoms with Crippen LogP contribution in [0, 0.1) is 0 Å². The van der Waals surface area contributed by atoms with E-state index in [1.807, 2.05) is 30.3 Å². The Morgan fingerprint density at radius 1 is 1.00 bits per heavy atom. The molecule has 2 aliphatic rings. The molecule has 2 heterocycles. The van der Waals surface area contributed by atoms with E-state index in [4.69, 9.17) is 0 Å². The predicted molar refractivity (Wildman–Crippen MR) is 112 cm³/mol. The average molecular weight is 473 g/mol. The van der Waals surface area contributed by atoms with E-state index in [0.717, 1.165) is 15.8 Å². The fraction of sp³-hybridized carbons (Fsp3) is 0.238. The van der Waals surface area contributed by atoms with Crippen molar-refractivity contribution in [2.75, 3.05) is 0 Å². The molecule has 0 radical (unpaired) electrons. The van der Waals surface area contributed by atoms with Crippen molar-refractivity contribution in [1.82, 2.24) is 10.2 Å². The first-order chi connectivity index (χ1) is 14.0. The van der Waals surface area contributed by atoms with Crippen LogP contribution >= 0.6 is 27.7 Å². The number of amides is 4. The lowest BCUT2D eigenvalue weighted by Crippen LogP contribution is -2.54. The van der Waals surface area contributed by atoms with Gasteiger partial charge in [-0.3, -0.25) is 29.4 Å². The maximum absolute atomic E-state index is 13.1. The molecule has 6 nitrogen and oxygen atoms in total. The summed E-state index contributed by atoms with van der Waals surface area (Å²) in [6.45, 7) is 0. The molecule has 1 fully saturated rings. The smallest absolute Gasteiger partial charge is 0.263 e. The number of alkyl halides is 1. The number of imide groups is 2. The van der Waals surface area contributed by atoms with Gasteiger partial charge in [-0.1, -0.05) is 46.3 Å². The Balaban J connectivity index is 1.57. The van der Waals surface area contributed by atoms with Crippen LogP contribution in [0.15, 0.2) is 47.4 Å². The highest BCUT2D eigenvalue weighted by Crippen LogP contribution is 2.35. The molecule has 29 heavy (non-hydrogen) atoms. The molecule has 0 saturated carbocycles. The summed E-state index contributed by atoms with van der Waals surface area (Å²) in [7, 11) is 0. The van der Waals surface area contributed by atoms with Crippen LogP contribution in [0.4, 0.5) is 0 Å². The van der Waals surface area contributed by atoms with Gasteiger partial charge < -0.3 is 0 Å². The van der Waals surface area contributed by atoms with Crippen LogP contribution in [0.3, 0.4) is 0 Å². The minimum Gasteiger partial charge on any atom is -0.295 e. The normalized spacial score (nSPS) is 18.8. The van der Waals surface area contributed by atoms with Crippen molar-refractivity contribution in [3.63, 3.8) is 0 Å². The summed E-state index contributed by atoms with van der Waals surface area (Å²) in [4.78, 5) is 51.2. The highest BCUT2D eigenvalue weighted by Gasteiger charge is 2.45. The minimum atomic E-state index is -0.949. The topological polar surface area (TPSA) is 83.6 Å². The van der Waals surface area contributed by atoms with Gasteiger partial charge in [0.2, 0.25) is 11.8 Å². The lowest BCUT2D eigenvalue weighted by molar-refractivity contribution is -0.136. The SMILES string of the molecule is O=C1CCC(N2C(=O)c3cccc(SCc4ccc(CBr)cc4)c3C2=O)C(=O)N1. The van der Waals surface area contributed by atoms with Gasteiger partial charge >= 0.3 is 0 Å². The van der Waals surface area contributed by atoms with Gasteiger partial charge in [0, 0.05) is 22.4 Å². The van der Waals surface area contributed by atoms with Gasteiger partial charge in [0.15, 0.2) is 0 Å². The molecule has 2 aromatic rings. The van der Waals surface area contributed by atoms with Gasteiger partial charge in [-0.2, -0.15) is 0 Å². The number of benzene rings is 2. The largest absolute Gasteiger partial charge is 0.295 e. The quantitative estimate of drug-likeness (QED) is 0.410. The first-order valence-corrected chi connectivity index (χ1v) is 11.2. The number of halogens is 1. The van der Waals surface area contributed by atoms with Crippen LogP contribution < -0.4 is 5.32 Å². The van der Waals surface area contributed by atoms with Gasteiger partial charge in [-0.25, -0.2) is 0 Å². The maximum atomic E-state index is 13.1. The van der Waals surface area contributed by atoms with Crippen molar-refractivity contribution in [2.24, 2.45) is 0 Å². The fourth-order valence-corrected chi connectivity index (χ4v) is 4.89. The molecular weight excluding hydrogens is 456 g/mol. The van der Waals surface area contributed by atoms with Gasteiger partial charge in [0.1, 0.15) is 6.04 Å². The highest BCUT2D eigenvalue weighted by atomic mass is 79.9. The molecule has 1 saturated heterocycles. The summed E-state index contributed by atoms with van der Waals surface area (Å²) in [5, 5.41) is 3.00. The summed E-state index contributed by atoms with van der Waals surface area (Å²) < 4.78 is 0. The molecule has 0 spiro atoms. The molecule has 2 aliphatic heterocycles. The minimum absolute atomic E-state index is 0.107. The molecule has 0 aliphatic carbocycles. The van der Waals surface area contributed by atoms with E-state index in [-0.39, 0.29) is 18.7 Å². The zero-order chi connectivity index (χ0) is 20.5. The van der Waals surface area contributed by atoms with Crippen molar-refractivity contribution < 1.29 is 19.2 Å². The van der Waals surface area contributed by atoms with Gasteiger partial charge in [-0.05, 0) is 29.7 Å². The van der Waals surface area contributed by atoms with E-state index < -0.39 is 23.8 Å². The molecule has 1 N–H and O–H groups in total. The Kier molecular flexibility index (Phi) is 5.56. The average Bonchev–Trinajstić information content (AvgIpc) is 2.98. The molecule has 1 atom stereocenters. The van der Waals surface area contributed by atoms with Crippen LogP contribution in [0.5, 0.6) is 0 Å². The van der Waals surface area contributed by atoms with E-state index >= 15 is 0 Å². The van der Waals surface area contributed by atoms with Crippen molar-refractivity contribution in [3.05, 3.63) is 64.7 Å². The molecular formula is C21H17BrN2O4S. The van der Waals surface area contributed by atoms with Crippen LogP contribution in [0.25, 0.3) is 0 Å². The lowest BCUT2D eigenvalue weighted by atomic mass is 10.0. The number of rotatable bonds is 5. The molecule has 0 bridgehead atoms. The molecule has 4 rings (SSSR count). The second-order valence-electron chi connectivity index (χ2n) is 6.86. The second-order valence-corrected chi connectivity index (χ2v) is 8.44. The molecule has 8 heteroatoms. The Morgan fingerprint density at radius 2 is 1.72 bits per heavy atom. The lowest BCUT2D eigenvalue weighted by Gasteiger charge is -2.27. The van der Waals surface area contributed by atoms with Gasteiger partial charge in [0.25, 0.3) is 11.8 Å². The first kappa shape index (κ1) is 19.8. The zero-order valence-corrected chi connectivity index (χ0v) is 17.7. The number of nitrogens with zero attached hydrogens (tertiary/aromatic N) is 1. The van der Waals surface area contributed by atoms with Crippen LogP contribution in [0.1, 0.15) is 44.7 Å². The molecule has 0 aromatic heterocycles. The van der Waals surface area contributed by atoms with Crippen LogP contribution in [-0.2, 0) is 20.7 Å². The van der Waals surface area contributed by atoms with E-state index in [1.54, 1.807) is 12.1 Å². The van der Waals surface area contributed by atoms with Crippen molar-refractivity contribution >= 4 is 51.3 Å². The summed E-state index contributed by atoms with van der Waals surface area (Å²) in [6.07, 6.45) is 0.258. The maximum Gasteiger partial charge on any atom is 0.263 e. The Labute approximate surface area is 180 Å². The first-order valence-electron chi connectivity index (χ1n) is 9.10. The van der Waals surface area contributed by atoms with Crippen LogP contribution in [-0.4, -0.2) is 34.6 Å². The number of thioether (sulfide) groups is 1. The van der Waals surface area contributed by atoms with Crippen molar-refractivity contribution in [1.29, 1.82) is 0 Å². The fourth-order valence-electron chi connectivity index (χ4n) is 3.49. The number of piperidine rings is 1. The second kappa shape index (κ2) is 8.12. The Morgan fingerprint density at radius 3 is 2.41 bits per heavy atom. The summed E-state index contributed by atoms with van der Waals surface area (Å²) in [5.74, 6) is -1.29. The standard InChI is InChI=1S/C21H17BrN2O4S/c22-10-12-4-6-13(7-5-12)11-29-16-3-1-2-14-18(16)21(28)24(20(14)27)15-8-9-17(25)23-19(15)26/h1-7,15H,8-11H2,(H,23,25,26). The molecule has 1 unspecified atom stereocenters. The number of carbonyl (C=O) groups is 4. The number of nitrogens with one attached hydrogen (secondary N) is 1. The third-order valence-corrected chi connectivity index (χ3v) is 6.78. The molecule has 2 aromatic carbocycles. The monoisotopic (exact) mass is 472 g/mol. The van der Waals surface area contributed by atoms with Gasteiger partial charge in [-0.15, -0.1) is 11.8 Å². The highest BCUT2D eigenvalue weighted by molar-refractivity contribution is 9.08. The Hall–Kier alpha value is -2.45. The number of hydrogen-bond acceptors (Lipinski definition) is 5. The van der Waals surface area contributed by atoms with Crippen LogP contribution in [0.2, 0.25) is 0 Å². The van der Waals surface area contributed by atoms with E-state index in [0.29, 0.717) is 21.8 Å². The predicted octanol–water partition coefficient (Wildman–Crippen LogP) is 3.28. The van der Waals surface area contributed by atoms with E-state index in [2.05, 4.69) is 21.2 Å². The van der Waals surface area contributed by atoms with E-state index in [9.17, 15) is 19.2 Å². The number of carbonyl (C=O) groups excluding carboxylic acids is 4. The summed E-state index contributed by atoms with van der Waals surface area (Å²) in [5.41, 5.74) is 2.93. The number of fused-ring (bicyclic) bond motifs is 1. The third kappa shape index (κ3) is 3.74. The van der Waals surface area contributed by atoms with Crippen molar-refractivity contribution in [2.45, 2.75) is 34.9 Å². The third-order valence-electron chi connectivity index (χ3n) is 5.00. The van der Waals surface area contributed by atoms with Gasteiger partial charge in [0.05, 0.1) is 11.1 Å². The summed E-state index contributed by atoms with van der Waals surface area (Å²) in [6, 6.07) is 12.4.